The van der Waals surface area contributed by atoms with Gasteiger partial charge in [-0.15, -0.1) is 0 Å². The number of aryl methyl sites for hydroxylation is 2. The minimum Gasteiger partial charge on any atom is -0.496 e. The van der Waals surface area contributed by atoms with E-state index in [1.807, 2.05) is 19.9 Å². The minimum absolute atomic E-state index is 0.0340. The van der Waals surface area contributed by atoms with E-state index in [0.29, 0.717) is 15.8 Å². The van der Waals surface area contributed by atoms with Gasteiger partial charge in [-0.2, -0.15) is 5.10 Å². The Morgan fingerprint density at radius 3 is 2.57 bits per heavy atom. The maximum atomic E-state index is 12.0. The Hall–Kier alpha value is -2.35. The SMILES string of the molecule is COc1ccc(C(=O)NNC(=O)Cn2nc(C)cc2C)cc1Br. The van der Waals surface area contributed by atoms with E-state index in [1.54, 1.807) is 30.0 Å². The number of nitrogens with one attached hydrogen (secondary N) is 2. The maximum Gasteiger partial charge on any atom is 0.269 e. The number of amides is 2. The number of hydrazine groups is 1. The van der Waals surface area contributed by atoms with Gasteiger partial charge in [0.1, 0.15) is 12.3 Å². The number of carbonyl (C=O) groups is 2. The molecule has 2 rings (SSSR count). The second kappa shape index (κ2) is 7.28. The van der Waals surface area contributed by atoms with Gasteiger partial charge in [-0.3, -0.25) is 25.1 Å². The standard InChI is InChI=1S/C15H17BrN4O3/c1-9-6-10(2)20(19-9)8-14(21)17-18-15(22)11-4-5-13(23-3)12(16)7-11/h4-7H,8H2,1-3H3,(H,17,21)(H,18,22). The molecule has 8 heteroatoms. The third kappa shape index (κ3) is 4.32. The molecule has 0 bridgehead atoms. The molecule has 0 saturated heterocycles. The van der Waals surface area contributed by atoms with Crippen molar-refractivity contribution in [3.63, 3.8) is 0 Å². The molecule has 1 aromatic heterocycles. The van der Waals surface area contributed by atoms with E-state index in [2.05, 4.69) is 31.9 Å². The van der Waals surface area contributed by atoms with Crippen molar-refractivity contribution in [1.82, 2.24) is 20.6 Å². The second-order valence-electron chi connectivity index (χ2n) is 4.94. The van der Waals surface area contributed by atoms with E-state index in [9.17, 15) is 9.59 Å². The van der Waals surface area contributed by atoms with Crippen LogP contribution in [0, 0.1) is 13.8 Å². The largest absolute Gasteiger partial charge is 0.496 e. The smallest absolute Gasteiger partial charge is 0.269 e. The van der Waals surface area contributed by atoms with Crippen LogP contribution in [-0.2, 0) is 11.3 Å². The third-order valence-electron chi connectivity index (χ3n) is 3.13. The van der Waals surface area contributed by atoms with Crippen LogP contribution >= 0.6 is 15.9 Å². The molecular formula is C15H17BrN4O3. The summed E-state index contributed by atoms with van der Waals surface area (Å²) in [7, 11) is 1.54. The molecule has 1 heterocycles. The molecule has 1 aromatic carbocycles. The van der Waals surface area contributed by atoms with Crippen LogP contribution in [0.25, 0.3) is 0 Å². The van der Waals surface area contributed by atoms with E-state index < -0.39 is 5.91 Å². The Balaban J connectivity index is 1.92. The molecule has 0 aliphatic heterocycles. The summed E-state index contributed by atoms with van der Waals surface area (Å²) >= 11 is 3.31. The molecule has 0 aliphatic rings. The predicted octanol–water partition coefficient (Wildman–Crippen LogP) is 1.73. The first-order valence-electron chi connectivity index (χ1n) is 6.84. The average molecular weight is 381 g/mol. The van der Waals surface area contributed by atoms with Gasteiger partial charge in [0.2, 0.25) is 0 Å². The molecule has 0 saturated carbocycles. The summed E-state index contributed by atoms with van der Waals surface area (Å²) < 4.78 is 7.32. The number of rotatable bonds is 4. The Bertz CT molecular complexity index is 742. The Labute approximate surface area is 142 Å². The monoisotopic (exact) mass is 380 g/mol. The molecule has 0 radical (unpaired) electrons. The molecule has 0 aliphatic carbocycles. The van der Waals surface area contributed by atoms with Gasteiger partial charge in [-0.05, 0) is 54.0 Å². The summed E-state index contributed by atoms with van der Waals surface area (Å²) in [6, 6.07) is 6.75. The molecule has 23 heavy (non-hydrogen) atoms. The first-order chi connectivity index (χ1) is 10.9. The van der Waals surface area contributed by atoms with Crippen LogP contribution in [0.15, 0.2) is 28.7 Å². The summed E-state index contributed by atoms with van der Waals surface area (Å²) in [6.45, 7) is 3.75. The summed E-state index contributed by atoms with van der Waals surface area (Å²) in [5.74, 6) is -0.165. The molecule has 2 N–H and O–H groups in total. The van der Waals surface area contributed by atoms with Crippen LogP contribution < -0.4 is 15.6 Å². The maximum absolute atomic E-state index is 12.0. The number of hydrogen-bond donors (Lipinski definition) is 2. The van der Waals surface area contributed by atoms with Crippen LogP contribution in [0.5, 0.6) is 5.75 Å². The lowest BCUT2D eigenvalue weighted by Gasteiger charge is -2.09. The number of hydrogen-bond acceptors (Lipinski definition) is 4. The Morgan fingerprint density at radius 2 is 2.00 bits per heavy atom. The molecule has 2 amide bonds. The molecule has 122 valence electrons. The van der Waals surface area contributed by atoms with E-state index in [4.69, 9.17) is 4.74 Å². The number of methoxy groups -OCH3 is 1. The predicted molar refractivity (Wildman–Crippen MR) is 88.0 cm³/mol. The number of carbonyl (C=O) groups excluding carboxylic acids is 2. The van der Waals surface area contributed by atoms with Crippen molar-refractivity contribution in [3.8, 4) is 5.75 Å². The van der Waals surface area contributed by atoms with Gasteiger partial charge in [-0.25, -0.2) is 0 Å². The van der Waals surface area contributed by atoms with Gasteiger partial charge in [0, 0.05) is 11.3 Å². The summed E-state index contributed by atoms with van der Waals surface area (Å²) in [5.41, 5.74) is 6.84. The fourth-order valence-corrected chi connectivity index (χ4v) is 2.56. The highest BCUT2D eigenvalue weighted by Crippen LogP contribution is 2.25. The van der Waals surface area contributed by atoms with Gasteiger partial charge < -0.3 is 4.74 Å². The zero-order chi connectivity index (χ0) is 17.0. The van der Waals surface area contributed by atoms with Crippen LogP contribution in [-0.4, -0.2) is 28.7 Å². The number of benzene rings is 1. The van der Waals surface area contributed by atoms with Gasteiger partial charge in [0.05, 0.1) is 17.3 Å². The molecule has 2 aromatic rings. The molecular weight excluding hydrogens is 364 g/mol. The molecule has 0 spiro atoms. The molecule has 0 unspecified atom stereocenters. The van der Waals surface area contributed by atoms with Gasteiger partial charge >= 0.3 is 0 Å². The zero-order valence-electron chi connectivity index (χ0n) is 13.0. The lowest BCUT2D eigenvalue weighted by Crippen LogP contribution is -2.43. The average Bonchev–Trinajstić information content (AvgIpc) is 2.82. The van der Waals surface area contributed by atoms with Crippen molar-refractivity contribution >= 4 is 27.7 Å². The summed E-state index contributed by atoms with van der Waals surface area (Å²) in [6.07, 6.45) is 0. The minimum atomic E-state index is -0.421. The number of ether oxygens (including phenoxy) is 1. The van der Waals surface area contributed by atoms with Crippen molar-refractivity contribution in [2.45, 2.75) is 20.4 Å². The zero-order valence-corrected chi connectivity index (χ0v) is 14.6. The first kappa shape index (κ1) is 17.0. The number of nitrogens with zero attached hydrogens (tertiary/aromatic N) is 2. The third-order valence-corrected chi connectivity index (χ3v) is 3.75. The normalized spacial score (nSPS) is 10.3. The Morgan fingerprint density at radius 1 is 1.26 bits per heavy atom. The quantitative estimate of drug-likeness (QED) is 0.790. The van der Waals surface area contributed by atoms with Crippen molar-refractivity contribution in [3.05, 3.63) is 45.7 Å². The van der Waals surface area contributed by atoms with Crippen LogP contribution in [0.1, 0.15) is 21.7 Å². The highest BCUT2D eigenvalue weighted by Gasteiger charge is 2.11. The van der Waals surface area contributed by atoms with E-state index in [-0.39, 0.29) is 12.5 Å². The van der Waals surface area contributed by atoms with Crippen LogP contribution in [0.3, 0.4) is 0 Å². The molecule has 0 fully saturated rings. The van der Waals surface area contributed by atoms with Gasteiger partial charge in [0.25, 0.3) is 11.8 Å². The molecule has 0 atom stereocenters. The lowest BCUT2D eigenvalue weighted by molar-refractivity contribution is -0.122. The van der Waals surface area contributed by atoms with Gasteiger partial charge in [-0.1, -0.05) is 0 Å². The van der Waals surface area contributed by atoms with Gasteiger partial charge in [0.15, 0.2) is 0 Å². The highest BCUT2D eigenvalue weighted by molar-refractivity contribution is 9.10. The molecule has 7 nitrogen and oxygen atoms in total. The van der Waals surface area contributed by atoms with E-state index in [1.165, 1.54) is 0 Å². The Kier molecular flexibility index (Phi) is 5.38. The first-order valence-corrected chi connectivity index (χ1v) is 7.63. The lowest BCUT2D eigenvalue weighted by atomic mass is 10.2. The number of aromatic nitrogens is 2. The van der Waals surface area contributed by atoms with Crippen molar-refractivity contribution in [2.75, 3.05) is 7.11 Å². The van der Waals surface area contributed by atoms with Crippen LogP contribution in [0.2, 0.25) is 0 Å². The number of halogens is 1. The van der Waals surface area contributed by atoms with Crippen LogP contribution in [0.4, 0.5) is 0 Å². The summed E-state index contributed by atoms with van der Waals surface area (Å²) in [4.78, 5) is 23.9. The summed E-state index contributed by atoms with van der Waals surface area (Å²) in [5, 5.41) is 4.19. The highest BCUT2D eigenvalue weighted by atomic mass is 79.9. The van der Waals surface area contributed by atoms with Crippen molar-refractivity contribution < 1.29 is 14.3 Å². The fourth-order valence-electron chi connectivity index (χ4n) is 2.02. The van der Waals surface area contributed by atoms with E-state index >= 15 is 0 Å². The van der Waals surface area contributed by atoms with E-state index in [0.717, 1.165) is 11.4 Å². The fraction of sp³-hybridized carbons (Fsp3) is 0.267. The second-order valence-corrected chi connectivity index (χ2v) is 5.79. The van der Waals surface area contributed by atoms with Crippen molar-refractivity contribution in [1.29, 1.82) is 0 Å². The van der Waals surface area contributed by atoms with Crippen molar-refractivity contribution in [2.24, 2.45) is 0 Å². The topological polar surface area (TPSA) is 85.3 Å².